The predicted molar refractivity (Wildman–Crippen MR) is 64.9 cm³/mol. The number of aliphatic hydroxyl groups is 1. The summed E-state index contributed by atoms with van der Waals surface area (Å²) in [5, 5.41) is 12.8. The van der Waals surface area contributed by atoms with Gasteiger partial charge in [-0.15, -0.1) is 0 Å². The van der Waals surface area contributed by atoms with Crippen molar-refractivity contribution in [3.8, 4) is 5.75 Å². The molecule has 2 unspecified atom stereocenters. The van der Waals surface area contributed by atoms with E-state index in [4.69, 9.17) is 9.47 Å². The Morgan fingerprint density at radius 3 is 2.88 bits per heavy atom. The number of halogens is 1. The van der Waals surface area contributed by atoms with Crippen LogP contribution >= 0.6 is 15.9 Å². The quantitative estimate of drug-likeness (QED) is 0.887. The van der Waals surface area contributed by atoms with Gasteiger partial charge in [-0.1, -0.05) is 0 Å². The highest BCUT2D eigenvalue weighted by Crippen LogP contribution is 2.28. The molecule has 88 valence electrons. The Morgan fingerprint density at radius 1 is 1.50 bits per heavy atom. The molecule has 1 aromatic carbocycles. The topological polar surface area (TPSA) is 50.7 Å². The van der Waals surface area contributed by atoms with Crippen molar-refractivity contribution in [2.45, 2.75) is 12.1 Å². The lowest BCUT2D eigenvalue weighted by molar-refractivity contribution is 0.125. The Hall–Kier alpha value is -0.780. The van der Waals surface area contributed by atoms with Gasteiger partial charge < -0.3 is 19.9 Å². The fourth-order valence-corrected chi connectivity index (χ4v) is 2.19. The van der Waals surface area contributed by atoms with E-state index in [0.29, 0.717) is 13.2 Å². The summed E-state index contributed by atoms with van der Waals surface area (Å²) in [6.07, 6.45) is -0.444. The molecule has 1 fully saturated rings. The number of rotatable bonds is 3. The zero-order valence-electron chi connectivity index (χ0n) is 8.94. The fraction of sp³-hybridized carbons (Fsp3) is 0.455. The van der Waals surface area contributed by atoms with Crippen LogP contribution in [0.25, 0.3) is 0 Å². The lowest BCUT2D eigenvalue weighted by Crippen LogP contribution is -2.31. The summed E-state index contributed by atoms with van der Waals surface area (Å²) < 4.78 is 11.2. The van der Waals surface area contributed by atoms with Gasteiger partial charge in [-0.05, 0) is 34.1 Å². The van der Waals surface area contributed by atoms with E-state index in [2.05, 4.69) is 21.2 Å². The van der Waals surface area contributed by atoms with Crippen LogP contribution in [0, 0.1) is 0 Å². The van der Waals surface area contributed by atoms with Crippen molar-refractivity contribution in [1.29, 1.82) is 0 Å². The van der Waals surface area contributed by atoms with E-state index >= 15 is 0 Å². The maximum atomic E-state index is 9.60. The molecule has 1 heterocycles. The van der Waals surface area contributed by atoms with Crippen LogP contribution in [-0.4, -0.2) is 37.6 Å². The molecule has 16 heavy (non-hydrogen) atoms. The normalized spacial score (nSPS) is 24.4. The highest BCUT2D eigenvalue weighted by atomic mass is 79.9. The zero-order chi connectivity index (χ0) is 11.5. The van der Waals surface area contributed by atoms with Crippen molar-refractivity contribution in [2.75, 3.05) is 25.6 Å². The van der Waals surface area contributed by atoms with Crippen LogP contribution in [0.5, 0.6) is 5.75 Å². The minimum atomic E-state index is -0.444. The van der Waals surface area contributed by atoms with Gasteiger partial charge in [0.05, 0.1) is 36.9 Å². The van der Waals surface area contributed by atoms with Crippen LogP contribution in [0.3, 0.4) is 0 Å². The number of hydrogen-bond acceptors (Lipinski definition) is 4. The summed E-state index contributed by atoms with van der Waals surface area (Å²) in [5.74, 6) is 0.786. The molecule has 2 atom stereocenters. The Bertz CT molecular complexity index is 372. The molecule has 1 aromatic rings. The molecule has 0 aliphatic carbocycles. The summed E-state index contributed by atoms with van der Waals surface area (Å²) in [6.45, 7) is 0.930. The van der Waals surface area contributed by atoms with Gasteiger partial charge in [-0.2, -0.15) is 0 Å². The second-order valence-electron chi connectivity index (χ2n) is 3.70. The summed E-state index contributed by atoms with van der Waals surface area (Å²) in [7, 11) is 1.63. The highest BCUT2D eigenvalue weighted by Gasteiger charge is 2.25. The molecule has 1 aliphatic heterocycles. The second kappa shape index (κ2) is 5.03. The predicted octanol–water partition coefficient (Wildman–Crippen LogP) is 1.63. The molecule has 1 aliphatic rings. The van der Waals surface area contributed by atoms with Crippen molar-refractivity contribution in [3.05, 3.63) is 22.7 Å². The van der Waals surface area contributed by atoms with E-state index in [1.165, 1.54) is 0 Å². The molecule has 0 amide bonds. The van der Waals surface area contributed by atoms with Gasteiger partial charge in [0.15, 0.2) is 0 Å². The average Bonchev–Trinajstić information content (AvgIpc) is 2.65. The monoisotopic (exact) mass is 287 g/mol. The van der Waals surface area contributed by atoms with Gasteiger partial charge in [-0.25, -0.2) is 0 Å². The largest absolute Gasteiger partial charge is 0.496 e. The first-order valence-corrected chi connectivity index (χ1v) is 5.86. The molecule has 0 bridgehead atoms. The number of methoxy groups -OCH3 is 1. The molecule has 0 radical (unpaired) electrons. The number of benzene rings is 1. The van der Waals surface area contributed by atoms with Crippen molar-refractivity contribution in [3.63, 3.8) is 0 Å². The van der Waals surface area contributed by atoms with Gasteiger partial charge in [0.25, 0.3) is 0 Å². The molecule has 0 spiro atoms. The molecule has 0 aromatic heterocycles. The number of hydrogen-bond donors (Lipinski definition) is 2. The molecule has 0 saturated carbocycles. The molecule has 1 saturated heterocycles. The van der Waals surface area contributed by atoms with E-state index in [0.717, 1.165) is 15.9 Å². The third kappa shape index (κ3) is 2.48. The molecule has 5 heteroatoms. The maximum absolute atomic E-state index is 9.60. The Kier molecular flexibility index (Phi) is 3.68. The summed E-state index contributed by atoms with van der Waals surface area (Å²) in [4.78, 5) is 0. The summed E-state index contributed by atoms with van der Waals surface area (Å²) in [6, 6.07) is 5.66. The van der Waals surface area contributed by atoms with Crippen LogP contribution < -0.4 is 10.1 Å². The first kappa shape index (κ1) is 11.7. The second-order valence-corrected chi connectivity index (χ2v) is 4.56. The van der Waals surface area contributed by atoms with E-state index in [-0.39, 0.29) is 6.04 Å². The molecule has 4 nitrogen and oxygen atoms in total. The number of aliphatic hydroxyl groups excluding tert-OH is 1. The van der Waals surface area contributed by atoms with E-state index in [1.54, 1.807) is 7.11 Å². The SMILES string of the molecule is COc1ccc(NC2COCC2O)cc1Br. The molecular weight excluding hydrogens is 274 g/mol. The summed E-state index contributed by atoms with van der Waals surface area (Å²) in [5.41, 5.74) is 0.933. The van der Waals surface area contributed by atoms with Crippen molar-refractivity contribution >= 4 is 21.6 Å². The first-order chi connectivity index (χ1) is 7.70. The van der Waals surface area contributed by atoms with Gasteiger partial charge >= 0.3 is 0 Å². The van der Waals surface area contributed by atoms with E-state index in [9.17, 15) is 5.11 Å². The van der Waals surface area contributed by atoms with Crippen LogP contribution in [-0.2, 0) is 4.74 Å². The van der Waals surface area contributed by atoms with Crippen molar-refractivity contribution < 1.29 is 14.6 Å². The Labute approximate surface area is 103 Å². The van der Waals surface area contributed by atoms with Crippen molar-refractivity contribution in [2.24, 2.45) is 0 Å². The smallest absolute Gasteiger partial charge is 0.133 e. The van der Waals surface area contributed by atoms with Gasteiger partial charge in [-0.3, -0.25) is 0 Å². The lowest BCUT2D eigenvalue weighted by atomic mass is 10.2. The molecular formula is C11H14BrNO3. The summed E-state index contributed by atoms with van der Waals surface area (Å²) >= 11 is 3.41. The van der Waals surface area contributed by atoms with E-state index < -0.39 is 6.10 Å². The van der Waals surface area contributed by atoms with Gasteiger partial charge in [0, 0.05) is 5.69 Å². The Morgan fingerprint density at radius 2 is 2.31 bits per heavy atom. The van der Waals surface area contributed by atoms with Crippen LogP contribution in [0.15, 0.2) is 22.7 Å². The fourth-order valence-electron chi connectivity index (χ4n) is 1.65. The third-order valence-electron chi connectivity index (χ3n) is 2.55. The molecule has 2 rings (SSSR count). The zero-order valence-corrected chi connectivity index (χ0v) is 10.5. The van der Waals surface area contributed by atoms with Crippen LogP contribution in [0.4, 0.5) is 5.69 Å². The van der Waals surface area contributed by atoms with Crippen LogP contribution in [0.2, 0.25) is 0 Å². The standard InChI is InChI=1S/C11H14BrNO3/c1-15-11-3-2-7(4-8(11)12)13-9-5-16-6-10(9)14/h2-4,9-10,13-14H,5-6H2,1H3. The van der Waals surface area contributed by atoms with Gasteiger partial charge in [0.2, 0.25) is 0 Å². The number of anilines is 1. The maximum Gasteiger partial charge on any atom is 0.133 e. The first-order valence-electron chi connectivity index (χ1n) is 5.06. The Balaban J connectivity index is 2.07. The third-order valence-corrected chi connectivity index (χ3v) is 3.17. The highest BCUT2D eigenvalue weighted by molar-refractivity contribution is 9.10. The lowest BCUT2D eigenvalue weighted by Gasteiger charge is -2.16. The number of ether oxygens (including phenoxy) is 2. The van der Waals surface area contributed by atoms with Crippen molar-refractivity contribution in [1.82, 2.24) is 0 Å². The van der Waals surface area contributed by atoms with E-state index in [1.807, 2.05) is 18.2 Å². The minimum Gasteiger partial charge on any atom is -0.496 e. The van der Waals surface area contributed by atoms with Crippen LogP contribution in [0.1, 0.15) is 0 Å². The van der Waals surface area contributed by atoms with Gasteiger partial charge in [0.1, 0.15) is 5.75 Å². The number of nitrogens with one attached hydrogen (secondary N) is 1. The minimum absolute atomic E-state index is 0.0414. The average molecular weight is 288 g/mol. The molecule has 2 N–H and O–H groups in total.